The number of nitrogens with zero attached hydrogens (tertiary/aromatic N) is 1. The van der Waals surface area contributed by atoms with Gasteiger partial charge >= 0.3 is 6.09 Å². The van der Waals surface area contributed by atoms with Crippen LogP contribution in [0.5, 0.6) is 0 Å². The Bertz CT molecular complexity index is 562. The highest BCUT2D eigenvalue weighted by atomic mass is 16.6. The van der Waals surface area contributed by atoms with Crippen molar-refractivity contribution in [2.75, 3.05) is 6.54 Å². The minimum Gasteiger partial charge on any atom is -0.465 e. The molecule has 1 saturated heterocycles. The monoisotopic (exact) mass is 347 g/mol. The Balaban J connectivity index is 1.60. The Morgan fingerprint density at radius 1 is 0.960 bits per heavy atom. The first-order valence-corrected chi connectivity index (χ1v) is 9.51. The van der Waals surface area contributed by atoms with Gasteiger partial charge in [-0.25, -0.2) is 9.69 Å². The number of ether oxygens (including phenoxy) is 1. The third-order valence-corrected chi connectivity index (χ3v) is 4.43. The average Bonchev–Trinajstić information content (AvgIpc) is 3.20. The van der Waals surface area contributed by atoms with Crippen LogP contribution in [0.15, 0.2) is 28.6 Å². The molecule has 1 aromatic heterocycles. The molecule has 0 saturated carbocycles. The Morgan fingerprint density at radius 3 is 2.20 bits per heavy atom. The largest absolute Gasteiger partial charge is 0.465 e. The topological polar surface area (TPSA) is 59.8 Å². The number of furan rings is 1. The van der Waals surface area contributed by atoms with Gasteiger partial charge in [0.05, 0.1) is 6.26 Å². The number of hydrogen-bond donors (Lipinski definition) is 0. The quantitative estimate of drug-likeness (QED) is 0.369. The van der Waals surface area contributed by atoms with Gasteiger partial charge in [-0.3, -0.25) is 4.79 Å². The van der Waals surface area contributed by atoms with Gasteiger partial charge in [0.25, 0.3) is 5.91 Å². The lowest BCUT2D eigenvalue weighted by Crippen LogP contribution is -2.29. The summed E-state index contributed by atoms with van der Waals surface area (Å²) in [4.78, 5) is 25.2. The molecule has 2 rings (SSSR count). The highest BCUT2D eigenvalue weighted by molar-refractivity contribution is 6.09. The molecule has 2 amide bonds. The highest BCUT2D eigenvalue weighted by Gasteiger charge is 2.36. The molecule has 0 aromatic carbocycles. The third-order valence-electron chi connectivity index (χ3n) is 4.43. The van der Waals surface area contributed by atoms with E-state index in [9.17, 15) is 9.59 Å². The summed E-state index contributed by atoms with van der Waals surface area (Å²) in [5.41, 5.74) is 0. The van der Waals surface area contributed by atoms with E-state index in [0.717, 1.165) is 19.3 Å². The van der Waals surface area contributed by atoms with Crippen molar-refractivity contribution in [1.82, 2.24) is 4.90 Å². The fraction of sp³-hybridized carbons (Fsp3) is 0.600. The van der Waals surface area contributed by atoms with Crippen LogP contribution in [0.25, 0.3) is 6.08 Å². The van der Waals surface area contributed by atoms with E-state index < -0.39 is 6.09 Å². The van der Waals surface area contributed by atoms with Crippen molar-refractivity contribution in [1.29, 1.82) is 0 Å². The molecule has 0 N–H and O–H groups in total. The first-order chi connectivity index (χ1) is 12.2. The Labute approximate surface area is 150 Å². The van der Waals surface area contributed by atoms with Crippen molar-refractivity contribution >= 4 is 18.1 Å². The van der Waals surface area contributed by atoms with Crippen LogP contribution >= 0.6 is 0 Å². The summed E-state index contributed by atoms with van der Waals surface area (Å²) in [6, 6.07) is 3.42. The second-order valence-electron chi connectivity index (χ2n) is 6.53. The Kier molecular flexibility index (Phi) is 8.29. The van der Waals surface area contributed by atoms with Crippen LogP contribution in [-0.2, 0) is 9.53 Å². The predicted molar refractivity (Wildman–Crippen MR) is 96.7 cm³/mol. The highest BCUT2D eigenvalue weighted by Crippen LogP contribution is 2.20. The van der Waals surface area contributed by atoms with Gasteiger partial charge in [0.1, 0.15) is 5.76 Å². The summed E-state index contributed by atoms with van der Waals surface area (Å²) in [7, 11) is 0. The minimum absolute atomic E-state index is 0.0343. The first kappa shape index (κ1) is 19.3. The molecule has 1 aromatic rings. The maximum Gasteiger partial charge on any atom is 0.422 e. The number of hydrogen-bond acceptors (Lipinski definition) is 4. The molecule has 138 valence electrons. The van der Waals surface area contributed by atoms with Crippen LogP contribution in [0, 0.1) is 0 Å². The second-order valence-corrected chi connectivity index (χ2v) is 6.53. The van der Waals surface area contributed by atoms with Gasteiger partial charge in [-0.2, -0.15) is 0 Å². The molecule has 0 aliphatic carbocycles. The number of unbranched alkanes of at least 4 members (excludes halogenated alkanes) is 9. The molecule has 1 aliphatic heterocycles. The SMILES string of the molecule is CCCCCCCCCCCCN1C(=O)O/C(=C\c2ccco2)C1=O. The number of cyclic esters (lactones) is 1. The van der Waals surface area contributed by atoms with Crippen LogP contribution in [0.4, 0.5) is 4.79 Å². The van der Waals surface area contributed by atoms with E-state index in [4.69, 9.17) is 9.15 Å². The lowest BCUT2D eigenvalue weighted by atomic mass is 10.1. The first-order valence-electron chi connectivity index (χ1n) is 9.51. The zero-order valence-corrected chi connectivity index (χ0v) is 15.2. The van der Waals surface area contributed by atoms with E-state index in [2.05, 4.69) is 6.92 Å². The van der Waals surface area contributed by atoms with E-state index in [1.165, 1.54) is 62.2 Å². The molecule has 5 heteroatoms. The van der Waals surface area contributed by atoms with Crippen molar-refractivity contribution in [3.8, 4) is 0 Å². The molecule has 0 bridgehead atoms. The molecular formula is C20H29NO4. The normalized spacial score (nSPS) is 16.0. The smallest absolute Gasteiger partial charge is 0.422 e. The van der Waals surface area contributed by atoms with E-state index >= 15 is 0 Å². The number of imide groups is 1. The summed E-state index contributed by atoms with van der Waals surface area (Å²) in [6.45, 7) is 2.65. The van der Waals surface area contributed by atoms with E-state index in [1.807, 2.05) is 0 Å². The van der Waals surface area contributed by atoms with Crippen LogP contribution in [0.3, 0.4) is 0 Å². The number of carbonyl (C=O) groups is 2. The summed E-state index contributed by atoms with van der Waals surface area (Å²) < 4.78 is 10.2. The summed E-state index contributed by atoms with van der Waals surface area (Å²) in [6.07, 6.45) is 14.5. The molecule has 0 atom stereocenters. The van der Waals surface area contributed by atoms with Crippen molar-refractivity contribution in [2.45, 2.75) is 71.1 Å². The molecule has 0 spiro atoms. The summed E-state index contributed by atoms with van der Waals surface area (Å²) in [5, 5.41) is 0. The lowest BCUT2D eigenvalue weighted by molar-refractivity contribution is -0.123. The zero-order chi connectivity index (χ0) is 17.9. The lowest BCUT2D eigenvalue weighted by Gasteiger charge is -2.09. The molecule has 5 nitrogen and oxygen atoms in total. The van der Waals surface area contributed by atoms with Crippen molar-refractivity contribution in [3.05, 3.63) is 29.9 Å². The van der Waals surface area contributed by atoms with E-state index in [0.29, 0.717) is 12.3 Å². The maximum absolute atomic E-state index is 12.2. The van der Waals surface area contributed by atoms with E-state index in [-0.39, 0.29) is 11.7 Å². The second kappa shape index (κ2) is 10.7. The summed E-state index contributed by atoms with van der Waals surface area (Å²) >= 11 is 0. The molecule has 2 heterocycles. The van der Waals surface area contributed by atoms with Gasteiger partial charge in [0.15, 0.2) is 0 Å². The van der Waals surface area contributed by atoms with Crippen molar-refractivity contribution in [2.24, 2.45) is 0 Å². The van der Waals surface area contributed by atoms with Crippen molar-refractivity contribution in [3.63, 3.8) is 0 Å². The number of carbonyl (C=O) groups excluding carboxylic acids is 2. The van der Waals surface area contributed by atoms with E-state index in [1.54, 1.807) is 12.1 Å². The van der Waals surface area contributed by atoms with Gasteiger partial charge in [-0.05, 0) is 18.6 Å². The molecule has 1 fully saturated rings. The zero-order valence-electron chi connectivity index (χ0n) is 15.2. The fourth-order valence-electron chi connectivity index (χ4n) is 2.95. The Morgan fingerprint density at radius 2 is 1.60 bits per heavy atom. The van der Waals surface area contributed by atoms with Crippen LogP contribution in [-0.4, -0.2) is 23.4 Å². The summed E-state index contributed by atoms with van der Waals surface area (Å²) in [5.74, 6) is 0.154. The molecule has 0 unspecified atom stereocenters. The maximum atomic E-state index is 12.2. The van der Waals surface area contributed by atoms with Crippen LogP contribution in [0.2, 0.25) is 0 Å². The Hall–Kier alpha value is -2.04. The fourth-order valence-corrected chi connectivity index (χ4v) is 2.95. The average molecular weight is 347 g/mol. The predicted octanol–water partition coefficient (Wildman–Crippen LogP) is 5.52. The van der Waals surface area contributed by atoms with Gasteiger partial charge < -0.3 is 9.15 Å². The molecule has 1 aliphatic rings. The number of rotatable bonds is 12. The van der Waals surface area contributed by atoms with Crippen molar-refractivity contribution < 1.29 is 18.7 Å². The molecule has 0 radical (unpaired) electrons. The molecule has 25 heavy (non-hydrogen) atoms. The molecular weight excluding hydrogens is 318 g/mol. The minimum atomic E-state index is -0.585. The van der Waals surface area contributed by atoms with Gasteiger partial charge in [-0.15, -0.1) is 0 Å². The standard InChI is InChI=1S/C20H29NO4/c1-2-3-4-5-6-7-8-9-10-11-14-21-19(22)18(25-20(21)23)16-17-13-12-15-24-17/h12-13,15-16H,2-11,14H2,1H3/b18-16-. The van der Waals surface area contributed by atoms with Gasteiger partial charge in [0, 0.05) is 12.6 Å². The van der Waals surface area contributed by atoms with Crippen LogP contribution < -0.4 is 0 Å². The van der Waals surface area contributed by atoms with Gasteiger partial charge in [0.2, 0.25) is 5.76 Å². The third kappa shape index (κ3) is 6.40. The number of amides is 2. The van der Waals surface area contributed by atoms with Crippen LogP contribution in [0.1, 0.15) is 76.9 Å². The van der Waals surface area contributed by atoms with Gasteiger partial charge in [-0.1, -0.05) is 64.7 Å².